The minimum atomic E-state index is -0.347. The number of nitrogens with two attached hydrogens (primary N) is 1. The maximum Gasteiger partial charge on any atom is 0.231 e. The van der Waals surface area contributed by atoms with E-state index >= 15 is 0 Å². The Bertz CT molecular complexity index is 424. The third-order valence-corrected chi connectivity index (χ3v) is 2.85. The standard InChI is InChI=1S/C13H17FN2O3/c14-10-1-3-11(4-2-10)19-9-12-7-16(5-6-18-12)8-13(15)17/h1-4,12H,5-9H2,(H2,15,17). The van der Waals surface area contributed by atoms with Gasteiger partial charge >= 0.3 is 0 Å². The van der Waals surface area contributed by atoms with Gasteiger partial charge in [0.05, 0.1) is 13.2 Å². The number of hydrogen-bond donors (Lipinski definition) is 1. The zero-order chi connectivity index (χ0) is 13.7. The summed E-state index contributed by atoms with van der Waals surface area (Å²) in [6.45, 7) is 2.43. The molecule has 1 aromatic carbocycles. The topological polar surface area (TPSA) is 64.8 Å². The molecular formula is C13H17FN2O3. The van der Waals surface area contributed by atoms with Crippen LogP contribution in [-0.2, 0) is 9.53 Å². The highest BCUT2D eigenvalue weighted by Crippen LogP contribution is 2.13. The van der Waals surface area contributed by atoms with Gasteiger partial charge in [0.1, 0.15) is 24.3 Å². The summed E-state index contributed by atoms with van der Waals surface area (Å²) in [5.41, 5.74) is 5.16. The maximum absolute atomic E-state index is 12.7. The quantitative estimate of drug-likeness (QED) is 0.839. The number of carbonyl (C=O) groups excluding carboxylic acids is 1. The summed E-state index contributed by atoms with van der Waals surface area (Å²) in [6.07, 6.45) is -0.113. The monoisotopic (exact) mass is 268 g/mol. The van der Waals surface area contributed by atoms with Gasteiger partial charge in [0.2, 0.25) is 5.91 Å². The van der Waals surface area contributed by atoms with Crippen molar-refractivity contribution >= 4 is 5.91 Å². The molecule has 0 aromatic heterocycles. The first-order valence-corrected chi connectivity index (χ1v) is 6.14. The van der Waals surface area contributed by atoms with E-state index in [0.29, 0.717) is 32.1 Å². The molecule has 1 aliphatic rings. The molecule has 0 spiro atoms. The Labute approximate surface area is 111 Å². The Morgan fingerprint density at radius 2 is 2.21 bits per heavy atom. The summed E-state index contributed by atoms with van der Waals surface area (Å²) in [5, 5.41) is 0. The van der Waals surface area contributed by atoms with E-state index in [0.717, 1.165) is 0 Å². The molecule has 0 saturated carbocycles. The molecule has 2 N–H and O–H groups in total. The molecule has 1 atom stereocenters. The third kappa shape index (κ3) is 4.50. The van der Waals surface area contributed by atoms with Crippen LogP contribution in [0.4, 0.5) is 4.39 Å². The van der Waals surface area contributed by atoms with Crippen LogP contribution in [-0.4, -0.2) is 49.8 Å². The van der Waals surface area contributed by atoms with Gasteiger partial charge in [-0.2, -0.15) is 0 Å². The number of hydrogen-bond acceptors (Lipinski definition) is 4. The molecule has 1 aliphatic heterocycles. The van der Waals surface area contributed by atoms with Crippen molar-refractivity contribution in [2.24, 2.45) is 5.73 Å². The highest BCUT2D eigenvalue weighted by molar-refractivity contribution is 5.75. The van der Waals surface area contributed by atoms with Crippen molar-refractivity contribution < 1.29 is 18.7 Å². The van der Waals surface area contributed by atoms with Crippen molar-refractivity contribution in [1.29, 1.82) is 0 Å². The van der Waals surface area contributed by atoms with Gasteiger partial charge in [-0.05, 0) is 24.3 Å². The summed E-state index contributed by atoms with van der Waals surface area (Å²) >= 11 is 0. The predicted molar refractivity (Wildman–Crippen MR) is 67.3 cm³/mol. The number of nitrogens with zero attached hydrogens (tertiary/aromatic N) is 1. The Kier molecular flexibility index (Phi) is 4.70. The smallest absolute Gasteiger partial charge is 0.231 e. The van der Waals surface area contributed by atoms with Crippen LogP contribution in [0.2, 0.25) is 0 Å². The second-order valence-electron chi connectivity index (χ2n) is 4.46. The van der Waals surface area contributed by atoms with Crippen molar-refractivity contribution in [3.8, 4) is 5.75 Å². The number of halogens is 1. The first kappa shape index (κ1) is 13.8. The van der Waals surface area contributed by atoms with Gasteiger partial charge in [-0.15, -0.1) is 0 Å². The highest BCUT2D eigenvalue weighted by atomic mass is 19.1. The van der Waals surface area contributed by atoms with E-state index < -0.39 is 0 Å². The van der Waals surface area contributed by atoms with E-state index in [4.69, 9.17) is 15.2 Å². The van der Waals surface area contributed by atoms with Crippen molar-refractivity contribution in [3.05, 3.63) is 30.1 Å². The minimum Gasteiger partial charge on any atom is -0.491 e. The van der Waals surface area contributed by atoms with Crippen molar-refractivity contribution in [2.45, 2.75) is 6.10 Å². The SMILES string of the molecule is NC(=O)CN1CCOC(COc2ccc(F)cc2)C1. The van der Waals surface area contributed by atoms with Crippen LogP contribution in [0.1, 0.15) is 0 Å². The second kappa shape index (κ2) is 6.49. The van der Waals surface area contributed by atoms with E-state index in [1.807, 2.05) is 4.90 Å². The summed E-state index contributed by atoms with van der Waals surface area (Å²) in [5.74, 6) is -0.0500. The molecule has 1 fully saturated rings. The third-order valence-electron chi connectivity index (χ3n) is 2.85. The predicted octanol–water partition coefficient (Wildman–Crippen LogP) is 0.391. The Balaban J connectivity index is 1.79. The van der Waals surface area contributed by atoms with E-state index in [1.165, 1.54) is 12.1 Å². The fourth-order valence-corrected chi connectivity index (χ4v) is 1.97. The first-order valence-electron chi connectivity index (χ1n) is 6.14. The molecule has 1 aromatic rings. The number of amides is 1. The van der Waals surface area contributed by atoms with E-state index in [2.05, 4.69) is 0 Å². The van der Waals surface area contributed by atoms with Gasteiger partial charge in [-0.3, -0.25) is 9.69 Å². The lowest BCUT2D eigenvalue weighted by Gasteiger charge is -2.31. The largest absolute Gasteiger partial charge is 0.491 e. The molecule has 0 aliphatic carbocycles. The molecule has 2 rings (SSSR count). The Morgan fingerprint density at radius 1 is 1.47 bits per heavy atom. The van der Waals surface area contributed by atoms with Gasteiger partial charge in [0, 0.05) is 13.1 Å². The lowest BCUT2D eigenvalue weighted by molar-refractivity contribution is -0.121. The van der Waals surface area contributed by atoms with Crippen LogP contribution < -0.4 is 10.5 Å². The van der Waals surface area contributed by atoms with Gasteiger partial charge in [0.15, 0.2) is 0 Å². The molecule has 6 heteroatoms. The van der Waals surface area contributed by atoms with Gasteiger partial charge in [-0.1, -0.05) is 0 Å². The van der Waals surface area contributed by atoms with Gasteiger partial charge < -0.3 is 15.2 Å². The molecule has 0 radical (unpaired) electrons. The maximum atomic E-state index is 12.7. The van der Waals surface area contributed by atoms with Crippen LogP contribution in [0.25, 0.3) is 0 Å². The number of rotatable bonds is 5. The molecule has 1 heterocycles. The van der Waals surface area contributed by atoms with Crippen LogP contribution in [0.15, 0.2) is 24.3 Å². The molecule has 1 amide bonds. The number of morpholine rings is 1. The molecule has 1 saturated heterocycles. The second-order valence-corrected chi connectivity index (χ2v) is 4.46. The van der Waals surface area contributed by atoms with Gasteiger partial charge in [-0.25, -0.2) is 4.39 Å². The lowest BCUT2D eigenvalue weighted by atomic mass is 10.2. The Morgan fingerprint density at radius 3 is 2.89 bits per heavy atom. The van der Waals surface area contributed by atoms with E-state index in [9.17, 15) is 9.18 Å². The minimum absolute atomic E-state index is 0.113. The fourth-order valence-electron chi connectivity index (χ4n) is 1.97. The normalized spacial score (nSPS) is 20.2. The molecule has 5 nitrogen and oxygen atoms in total. The van der Waals surface area contributed by atoms with Crippen molar-refractivity contribution in [1.82, 2.24) is 4.90 Å². The van der Waals surface area contributed by atoms with Crippen LogP contribution in [0.3, 0.4) is 0 Å². The summed E-state index contributed by atoms with van der Waals surface area (Å²) in [7, 11) is 0. The van der Waals surface area contributed by atoms with E-state index in [1.54, 1.807) is 12.1 Å². The number of primary amides is 1. The average Bonchev–Trinajstić information content (AvgIpc) is 2.38. The average molecular weight is 268 g/mol. The summed E-state index contributed by atoms with van der Waals surface area (Å²) < 4.78 is 23.8. The fraction of sp³-hybridized carbons (Fsp3) is 0.462. The van der Waals surface area contributed by atoms with Crippen molar-refractivity contribution in [2.75, 3.05) is 32.8 Å². The molecule has 19 heavy (non-hydrogen) atoms. The summed E-state index contributed by atoms with van der Waals surface area (Å²) in [4.78, 5) is 12.8. The van der Waals surface area contributed by atoms with Crippen LogP contribution in [0, 0.1) is 5.82 Å². The molecular weight excluding hydrogens is 251 g/mol. The highest BCUT2D eigenvalue weighted by Gasteiger charge is 2.21. The summed E-state index contributed by atoms with van der Waals surface area (Å²) in [6, 6.07) is 5.82. The van der Waals surface area contributed by atoms with Gasteiger partial charge in [0.25, 0.3) is 0 Å². The number of carbonyl (C=O) groups is 1. The molecule has 104 valence electrons. The molecule has 0 bridgehead atoms. The number of benzene rings is 1. The van der Waals surface area contributed by atoms with E-state index in [-0.39, 0.29) is 24.4 Å². The van der Waals surface area contributed by atoms with Crippen molar-refractivity contribution in [3.63, 3.8) is 0 Å². The zero-order valence-electron chi connectivity index (χ0n) is 10.5. The van der Waals surface area contributed by atoms with Crippen LogP contribution in [0.5, 0.6) is 5.75 Å². The zero-order valence-corrected chi connectivity index (χ0v) is 10.5. The number of ether oxygens (including phenoxy) is 2. The lowest BCUT2D eigenvalue weighted by Crippen LogP contribution is -2.47. The van der Waals surface area contributed by atoms with Crippen LogP contribution >= 0.6 is 0 Å². The molecule has 1 unspecified atom stereocenters. The first-order chi connectivity index (χ1) is 9.13. The Hall–Kier alpha value is -1.66.